The summed E-state index contributed by atoms with van der Waals surface area (Å²) in [6.07, 6.45) is 6.01. The molecule has 1 atom stereocenters. The third-order valence-corrected chi connectivity index (χ3v) is 4.89. The molecule has 1 N–H and O–H groups in total. The summed E-state index contributed by atoms with van der Waals surface area (Å²) >= 11 is 0. The van der Waals surface area contributed by atoms with Crippen LogP contribution in [0.5, 0.6) is 0 Å². The smallest absolute Gasteiger partial charge is 0.336 e. The molecule has 136 valence electrons. The van der Waals surface area contributed by atoms with Gasteiger partial charge >= 0.3 is 5.97 Å². The van der Waals surface area contributed by atoms with E-state index < -0.39 is 5.97 Å². The third-order valence-electron chi connectivity index (χ3n) is 4.89. The van der Waals surface area contributed by atoms with E-state index in [4.69, 9.17) is 5.11 Å². The second kappa shape index (κ2) is 7.45. The Morgan fingerprint density at radius 1 is 1.14 bits per heavy atom. The van der Waals surface area contributed by atoms with Gasteiger partial charge in [0, 0.05) is 18.0 Å². The number of fused-ring (bicyclic) bond motifs is 1. The molecule has 0 radical (unpaired) electrons. The Labute approximate surface area is 162 Å². The Morgan fingerprint density at radius 2 is 1.96 bits per heavy atom. The average Bonchev–Trinajstić information content (AvgIpc) is 2.99. The molecular formula is C23H17N3O2. The van der Waals surface area contributed by atoms with Crippen molar-refractivity contribution in [1.82, 2.24) is 4.98 Å². The minimum Gasteiger partial charge on any atom is -0.478 e. The fourth-order valence-corrected chi connectivity index (χ4v) is 3.39. The standard InChI is InChI=1S/C23H17N3O2/c24-12-19-11-22(21-7-3-6-18(13-25-21)23(27)28)26-14-20(19)17-9-8-15-4-1-2-5-16(15)10-17/h1-2,4-6,8-11,13-14,21H,3,7H2,(H,27,28). The molecule has 1 aliphatic rings. The van der Waals surface area contributed by atoms with E-state index in [-0.39, 0.29) is 11.6 Å². The molecule has 0 spiro atoms. The molecule has 3 aromatic rings. The number of carbonyl (C=O) groups is 1. The van der Waals surface area contributed by atoms with Crippen molar-refractivity contribution in [2.75, 3.05) is 0 Å². The van der Waals surface area contributed by atoms with Crippen LogP contribution in [-0.4, -0.2) is 22.3 Å². The third kappa shape index (κ3) is 3.40. The van der Waals surface area contributed by atoms with Gasteiger partial charge in [-0.15, -0.1) is 0 Å². The molecule has 0 saturated carbocycles. The predicted molar refractivity (Wildman–Crippen MR) is 108 cm³/mol. The minimum atomic E-state index is -0.985. The number of nitrogens with zero attached hydrogens (tertiary/aromatic N) is 3. The Bertz CT molecular complexity index is 1170. The summed E-state index contributed by atoms with van der Waals surface area (Å²) in [6, 6.07) is 17.9. The van der Waals surface area contributed by atoms with Crippen LogP contribution in [0.4, 0.5) is 0 Å². The summed E-state index contributed by atoms with van der Waals surface area (Å²) in [5.41, 5.74) is 3.12. The molecule has 2 aromatic carbocycles. The van der Waals surface area contributed by atoms with Gasteiger partial charge in [0.05, 0.1) is 28.9 Å². The highest BCUT2D eigenvalue weighted by Gasteiger charge is 2.17. The lowest BCUT2D eigenvalue weighted by atomic mass is 9.97. The van der Waals surface area contributed by atoms with Crippen LogP contribution >= 0.6 is 0 Å². The van der Waals surface area contributed by atoms with Crippen molar-refractivity contribution in [2.45, 2.75) is 18.9 Å². The number of rotatable bonds is 3. The predicted octanol–water partition coefficient (Wildman–Crippen LogP) is 4.69. The van der Waals surface area contributed by atoms with Gasteiger partial charge in [0.1, 0.15) is 0 Å². The molecule has 0 bridgehead atoms. The van der Waals surface area contributed by atoms with Gasteiger partial charge in [-0.1, -0.05) is 42.5 Å². The maximum atomic E-state index is 11.1. The van der Waals surface area contributed by atoms with Crippen LogP contribution in [0, 0.1) is 11.3 Å². The molecule has 1 aliphatic heterocycles. The van der Waals surface area contributed by atoms with Crippen molar-refractivity contribution < 1.29 is 9.90 Å². The van der Waals surface area contributed by atoms with Crippen LogP contribution in [0.1, 0.15) is 30.1 Å². The van der Waals surface area contributed by atoms with Crippen LogP contribution in [0.3, 0.4) is 0 Å². The van der Waals surface area contributed by atoms with E-state index in [2.05, 4.69) is 28.2 Å². The first-order valence-corrected chi connectivity index (χ1v) is 9.01. The summed E-state index contributed by atoms with van der Waals surface area (Å²) in [7, 11) is 0. The van der Waals surface area contributed by atoms with Crippen LogP contribution < -0.4 is 0 Å². The second-order valence-electron chi connectivity index (χ2n) is 6.66. The summed E-state index contributed by atoms with van der Waals surface area (Å²) in [5, 5.41) is 21.1. The first-order chi connectivity index (χ1) is 13.7. The fraction of sp³-hybridized carbons (Fsp3) is 0.130. The fourth-order valence-electron chi connectivity index (χ4n) is 3.39. The molecule has 0 amide bonds. The molecule has 5 heteroatoms. The number of hydrogen-bond donors (Lipinski definition) is 1. The van der Waals surface area contributed by atoms with Crippen LogP contribution in [-0.2, 0) is 4.79 Å². The average molecular weight is 367 g/mol. The highest BCUT2D eigenvalue weighted by atomic mass is 16.4. The quantitative estimate of drug-likeness (QED) is 0.727. The van der Waals surface area contributed by atoms with Crippen LogP contribution in [0.2, 0.25) is 0 Å². The zero-order valence-electron chi connectivity index (χ0n) is 15.0. The van der Waals surface area contributed by atoms with E-state index in [1.54, 1.807) is 18.3 Å². The molecule has 2 heterocycles. The molecule has 5 nitrogen and oxygen atoms in total. The number of aromatic nitrogens is 1. The molecule has 0 fully saturated rings. The first-order valence-electron chi connectivity index (χ1n) is 9.01. The summed E-state index contributed by atoms with van der Waals surface area (Å²) < 4.78 is 0. The zero-order chi connectivity index (χ0) is 19.5. The number of allylic oxidation sites excluding steroid dienone is 1. The van der Waals surface area contributed by atoms with E-state index in [1.807, 2.05) is 30.3 Å². The molecule has 0 aliphatic carbocycles. The Kier molecular flexibility index (Phi) is 4.69. The number of benzene rings is 2. The highest BCUT2D eigenvalue weighted by molar-refractivity contribution is 6.08. The van der Waals surface area contributed by atoms with Crippen molar-refractivity contribution in [1.29, 1.82) is 5.26 Å². The normalized spacial score (nSPS) is 16.2. The van der Waals surface area contributed by atoms with E-state index in [9.17, 15) is 10.1 Å². The Hall–Kier alpha value is -3.78. The molecule has 0 saturated heterocycles. The van der Waals surface area contributed by atoms with Gasteiger partial charge in [0.15, 0.2) is 0 Å². The number of hydrogen-bond acceptors (Lipinski definition) is 4. The number of pyridine rings is 1. The SMILES string of the molecule is N#Cc1cc(C2CCC=C(C(=O)O)C=N2)ncc1-c1ccc2ccccc2c1. The van der Waals surface area contributed by atoms with Crippen molar-refractivity contribution in [3.8, 4) is 17.2 Å². The van der Waals surface area contributed by atoms with Crippen molar-refractivity contribution in [3.63, 3.8) is 0 Å². The van der Waals surface area contributed by atoms with Crippen molar-refractivity contribution in [3.05, 3.63) is 77.6 Å². The molecule has 4 rings (SSSR count). The summed E-state index contributed by atoms with van der Waals surface area (Å²) in [6.45, 7) is 0. The maximum absolute atomic E-state index is 11.1. The highest BCUT2D eigenvalue weighted by Crippen LogP contribution is 2.30. The van der Waals surface area contributed by atoms with E-state index in [0.717, 1.165) is 21.9 Å². The number of aliphatic carboxylic acids is 1. The van der Waals surface area contributed by atoms with Crippen molar-refractivity contribution in [2.24, 2.45) is 4.99 Å². The maximum Gasteiger partial charge on any atom is 0.336 e. The zero-order valence-corrected chi connectivity index (χ0v) is 15.0. The van der Waals surface area contributed by atoms with Crippen molar-refractivity contribution >= 4 is 23.0 Å². The Balaban J connectivity index is 1.69. The number of carboxylic acids is 1. The molecular weight excluding hydrogens is 350 g/mol. The van der Waals surface area contributed by atoms with E-state index in [0.29, 0.717) is 24.1 Å². The Morgan fingerprint density at radius 3 is 2.75 bits per heavy atom. The minimum absolute atomic E-state index is 0.191. The van der Waals surface area contributed by atoms with E-state index >= 15 is 0 Å². The van der Waals surface area contributed by atoms with Gasteiger partial charge in [-0.25, -0.2) is 4.79 Å². The van der Waals surface area contributed by atoms with Gasteiger partial charge < -0.3 is 5.11 Å². The summed E-state index contributed by atoms with van der Waals surface area (Å²) in [5.74, 6) is -0.985. The van der Waals surface area contributed by atoms with Gasteiger partial charge in [-0.05, 0) is 41.3 Å². The van der Waals surface area contributed by atoms with E-state index in [1.165, 1.54) is 6.21 Å². The van der Waals surface area contributed by atoms with Gasteiger partial charge in [0.2, 0.25) is 0 Å². The lowest BCUT2D eigenvalue weighted by Gasteiger charge is -2.12. The number of aliphatic imine (C=N–C) groups is 1. The molecule has 1 aromatic heterocycles. The van der Waals surface area contributed by atoms with Gasteiger partial charge in [-0.2, -0.15) is 5.26 Å². The molecule has 28 heavy (non-hydrogen) atoms. The van der Waals surface area contributed by atoms with Crippen LogP contribution in [0.25, 0.3) is 21.9 Å². The largest absolute Gasteiger partial charge is 0.478 e. The monoisotopic (exact) mass is 367 g/mol. The first kappa shape index (κ1) is 17.6. The molecule has 1 unspecified atom stereocenters. The topological polar surface area (TPSA) is 86.3 Å². The summed E-state index contributed by atoms with van der Waals surface area (Å²) in [4.78, 5) is 20.0. The lowest BCUT2D eigenvalue weighted by molar-refractivity contribution is -0.132. The van der Waals surface area contributed by atoms with Gasteiger partial charge in [-0.3, -0.25) is 9.98 Å². The second-order valence-corrected chi connectivity index (χ2v) is 6.66. The van der Waals surface area contributed by atoms with Crippen LogP contribution in [0.15, 0.2) is 71.4 Å². The number of nitriles is 1. The lowest BCUT2D eigenvalue weighted by Crippen LogP contribution is -2.02. The number of carboxylic acid groups (broad SMARTS) is 1. The van der Waals surface area contributed by atoms with Gasteiger partial charge in [0.25, 0.3) is 0 Å².